The maximum Gasteiger partial charge on any atom is 0.250 e. The van der Waals surface area contributed by atoms with Crippen molar-refractivity contribution in [3.63, 3.8) is 0 Å². The predicted molar refractivity (Wildman–Crippen MR) is 98.0 cm³/mol. The van der Waals surface area contributed by atoms with Crippen LogP contribution in [0.2, 0.25) is 0 Å². The Kier molecular flexibility index (Phi) is 3.98. The summed E-state index contributed by atoms with van der Waals surface area (Å²) in [7, 11) is 0. The summed E-state index contributed by atoms with van der Waals surface area (Å²) in [6.45, 7) is 5.33. The molecule has 4 rings (SSSR count). The SMILES string of the molecule is C[C@@H](Sc1nnnn1C1CC1)C(=O)N1c2ccccc2NC(=O)C1(C)C. The molecule has 2 aromatic rings. The summed E-state index contributed by atoms with van der Waals surface area (Å²) in [5.74, 6) is -0.350. The van der Waals surface area contributed by atoms with Gasteiger partial charge in [-0.15, -0.1) is 5.10 Å². The quantitative estimate of drug-likeness (QED) is 0.828. The van der Waals surface area contributed by atoms with Crippen LogP contribution >= 0.6 is 11.8 Å². The second-order valence-corrected chi connectivity index (χ2v) is 8.41. The van der Waals surface area contributed by atoms with Crippen molar-refractivity contribution in [1.82, 2.24) is 20.2 Å². The molecule has 1 aromatic heterocycles. The van der Waals surface area contributed by atoms with E-state index in [1.165, 1.54) is 11.8 Å². The number of tetrazole rings is 1. The molecule has 1 aromatic carbocycles. The Morgan fingerprint density at radius 1 is 1.35 bits per heavy atom. The molecular weight excluding hydrogens is 352 g/mol. The second-order valence-electron chi connectivity index (χ2n) is 7.10. The van der Waals surface area contributed by atoms with Gasteiger partial charge in [-0.2, -0.15) is 0 Å². The number of hydrogen-bond acceptors (Lipinski definition) is 6. The lowest BCUT2D eigenvalue weighted by molar-refractivity contribution is -0.126. The molecule has 0 bridgehead atoms. The monoisotopic (exact) mass is 372 g/mol. The molecule has 0 spiro atoms. The van der Waals surface area contributed by atoms with Crippen LogP contribution in [-0.4, -0.2) is 42.8 Å². The van der Waals surface area contributed by atoms with Gasteiger partial charge in [0.25, 0.3) is 0 Å². The topological polar surface area (TPSA) is 93.0 Å². The highest BCUT2D eigenvalue weighted by Crippen LogP contribution is 2.40. The fraction of sp³-hybridized carbons (Fsp3) is 0.471. The molecule has 8 nitrogen and oxygen atoms in total. The van der Waals surface area contributed by atoms with Gasteiger partial charge in [-0.05, 0) is 56.2 Å². The molecular formula is C17H20N6O2S. The van der Waals surface area contributed by atoms with Gasteiger partial charge < -0.3 is 5.32 Å². The summed E-state index contributed by atoms with van der Waals surface area (Å²) in [6, 6.07) is 7.68. The van der Waals surface area contributed by atoms with Crippen molar-refractivity contribution in [2.45, 2.75) is 55.6 Å². The van der Waals surface area contributed by atoms with Gasteiger partial charge in [0.05, 0.1) is 22.7 Å². The molecule has 9 heteroatoms. The number of anilines is 2. The molecule has 26 heavy (non-hydrogen) atoms. The normalized spacial score (nSPS) is 19.7. The largest absolute Gasteiger partial charge is 0.322 e. The van der Waals surface area contributed by atoms with Crippen LogP contribution in [0.4, 0.5) is 11.4 Å². The van der Waals surface area contributed by atoms with E-state index >= 15 is 0 Å². The minimum Gasteiger partial charge on any atom is -0.322 e. The first-order valence-corrected chi connectivity index (χ1v) is 9.46. The standard InChI is InChI=1S/C17H20N6O2S/c1-10(26-16-19-20-21-23(16)11-8-9-11)14(24)22-13-7-5-4-6-12(13)18-15(25)17(22,2)3/h4-7,10-11H,8-9H2,1-3H3,(H,18,25)/t10-/m1/s1. The van der Waals surface area contributed by atoms with Crippen LogP contribution in [0.25, 0.3) is 0 Å². The molecule has 0 saturated heterocycles. The van der Waals surface area contributed by atoms with Crippen LogP contribution in [0, 0.1) is 0 Å². The van der Waals surface area contributed by atoms with Gasteiger partial charge in [-0.25, -0.2) is 4.68 Å². The average molecular weight is 372 g/mol. The van der Waals surface area contributed by atoms with Gasteiger partial charge in [0, 0.05) is 0 Å². The number of fused-ring (bicyclic) bond motifs is 1. The van der Waals surface area contributed by atoms with Gasteiger partial charge in [0.2, 0.25) is 17.0 Å². The highest BCUT2D eigenvalue weighted by atomic mass is 32.2. The lowest BCUT2D eigenvalue weighted by Gasteiger charge is -2.43. The number of amides is 2. The van der Waals surface area contributed by atoms with E-state index < -0.39 is 10.8 Å². The van der Waals surface area contributed by atoms with Crippen LogP contribution in [0.1, 0.15) is 39.7 Å². The zero-order valence-corrected chi connectivity index (χ0v) is 15.7. The molecule has 0 radical (unpaired) electrons. The number of aromatic nitrogens is 4. The van der Waals surface area contributed by atoms with Crippen molar-refractivity contribution in [3.05, 3.63) is 24.3 Å². The van der Waals surface area contributed by atoms with Gasteiger partial charge in [0.15, 0.2) is 0 Å². The second kappa shape index (κ2) is 6.08. The van der Waals surface area contributed by atoms with E-state index in [0.29, 0.717) is 22.6 Å². The third-order valence-electron chi connectivity index (χ3n) is 4.71. The number of nitrogens with zero attached hydrogens (tertiary/aromatic N) is 5. The molecule has 2 aliphatic rings. The van der Waals surface area contributed by atoms with Gasteiger partial charge in [-0.3, -0.25) is 14.5 Å². The van der Waals surface area contributed by atoms with Crippen LogP contribution in [-0.2, 0) is 9.59 Å². The first-order valence-electron chi connectivity index (χ1n) is 8.58. The Labute approximate surface area is 155 Å². The van der Waals surface area contributed by atoms with Gasteiger partial charge in [-0.1, -0.05) is 23.9 Å². The predicted octanol–water partition coefficient (Wildman–Crippen LogP) is 2.25. The average Bonchev–Trinajstić information content (AvgIpc) is 3.35. The molecule has 2 heterocycles. The number of benzene rings is 1. The minimum atomic E-state index is -0.983. The third kappa shape index (κ3) is 2.76. The van der Waals surface area contributed by atoms with E-state index in [9.17, 15) is 9.59 Å². The maximum absolute atomic E-state index is 13.3. The molecule has 1 N–H and O–H groups in total. The zero-order valence-electron chi connectivity index (χ0n) is 14.8. The molecule has 136 valence electrons. The van der Waals surface area contributed by atoms with Crippen LogP contribution in [0.3, 0.4) is 0 Å². The highest BCUT2D eigenvalue weighted by Gasteiger charge is 2.45. The Morgan fingerprint density at radius 3 is 2.81 bits per heavy atom. The Morgan fingerprint density at radius 2 is 2.08 bits per heavy atom. The number of carbonyl (C=O) groups excluding carboxylic acids is 2. The van der Waals surface area contributed by atoms with Crippen LogP contribution < -0.4 is 10.2 Å². The first kappa shape index (κ1) is 17.0. The number of thioether (sulfide) groups is 1. The Hall–Kier alpha value is -2.42. The lowest BCUT2D eigenvalue weighted by atomic mass is 9.96. The lowest BCUT2D eigenvalue weighted by Crippen LogP contribution is -2.60. The fourth-order valence-corrected chi connectivity index (χ4v) is 3.95. The van der Waals surface area contributed by atoms with E-state index in [0.717, 1.165) is 12.8 Å². The van der Waals surface area contributed by atoms with Crippen LogP contribution in [0.15, 0.2) is 29.4 Å². The maximum atomic E-state index is 13.3. The summed E-state index contributed by atoms with van der Waals surface area (Å²) in [5.41, 5.74) is 0.365. The summed E-state index contributed by atoms with van der Waals surface area (Å²) < 4.78 is 1.79. The smallest absolute Gasteiger partial charge is 0.250 e. The summed E-state index contributed by atoms with van der Waals surface area (Å²) in [5, 5.41) is 14.9. The van der Waals surface area contributed by atoms with E-state index in [2.05, 4.69) is 20.8 Å². The van der Waals surface area contributed by atoms with Crippen molar-refractivity contribution in [2.75, 3.05) is 10.2 Å². The summed E-state index contributed by atoms with van der Waals surface area (Å²) in [4.78, 5) is 27.4. The van der Waals surface area contributed by atoms with Crippen molar-refractivity contribution in [1.29, 1.82) is 0 Å². The number of para-hydroxylation sites is 2. The van der Waals surface area contributed by atoms with Crippen molar-refractivity contribution in [3.8, 4) is 0 Å². The van der Waals surface area contributed by atoms with E-state index in [1.54, 1.807) is 29.5 Å². The van der Waals surface area contributed by atoms with Crippen molar-refractivity contribution < 1.29 is 9.59 Å². The fourth-order valence-electron chi connectivity index (χ4n) is 3.05. The number of carbonyl (C=O) groups is 2. The van der Waals surface area contributed by atoms with Crippen molar-refractivity contribution in [2.24, 2.45) is 0 Å². The Bertz CT molecular complexity index is 876. The van der Waals surface area contributed by atoms with Gasteiger partial charge >= 0.3 is 0 Å². The molecule has 1 atom stereocenters. The molecule has 1 saturated carbocycles. The molecule has 2 amide bonds. The summed E-state index contributed by atoms with van der Waals surface area (Å²) >= 11 is 1.33. The first-order chi connectivity index (χ1) is 12.4. The van der Waals surface area contributed by atoms with E-state index in [4.69, 9.17) is 0 Å². The van der Waals surface area contributed by atoms with Gasteiger partial charge in [0.1, 0.15) is 5.54 Å². The van der Waals surface area contributed by atoms with Crippen LogP contribution in [0.5, 0.6) is 0 Å². The number of hydrogen-bond donors (Lipinski definition) is 1. The number of nitrogens with one attached hydrogen (secondary N) is 1. The molecule has 0 unspecified atom stereocenters. The minimum absolute atomic E-state index is 0.146. The van der Waals surface area contributed by atoms with E-state index in [-0.39, 0.29) is 11.8 Å². The molecule has 1 aliphatic carbocycles. The van der Waals surface area contributed by atoms with E-state index in [1.807, 2.05) is 25.1 Å². The number of rotatable bonds is 4. The Balaban J connectivity index is 1.63. The molecule has 1 fully saturated rings. The highest BCUT2D eigenvalue weighted by molar-refractivity contribution is 8.00. The third-order valence-corrected chi connectivity index (χ3v) is 5.75. The van der Waals surface area contributed by atoms with Crippen molar-refractivity contribution >= 4 is 35.0 Å². The zero-order chi connectivity index (χ0) is 18.5. The molecule has 1 aliphatic heterocycles. The summed E-state index contributed by atoms with van der Waals surface area (Å²) in [6.07, 6.45) is 2.13.